The number of alkyl halides is 3. The standard InChI is InChI=1S/C22H18F3N3O6/c1-33-21(30)20(29)19-14(22(23,24)25)5-6-15(27-9-8-17(26-27)28(31)32)18(19)13-4-7-16-12(11-13)3-2-10-34-16/h4-9,11,20,29H,2-3,10H2,1H3. The van der Waals surface area contributed by atoms with Crippen molar-refractivity contribution in [1.29, 1.82) is 0 Å². The number of fused-ring (bicyclic) bond motifs is 1. The first-order chi connectivity index (χ1) is 16.1. The molecule has 34 heavy (non-hydrogen) atoms. The fourth-order valence-electron chi connectivity index (χ4n) is 3.92. The van der Waals surface area contributed by atoms with E-state index < -0.39 is 40.1 Å². The summed E-state index contributed by atoms with van der Waals surface area (Å²) in [6.07, 6.45) is -4.69. The van der Waals surface area contributed by atoms with Gasteiger partial charge >= 0.3 is 18.0 Å². The van der Waals surface area contributed by atoms with Crippen molar-refractivity contribution in [1.82, 2.24) is 9.78 Å². The van der Waals surface area contributed by atoms with Gasteiger partial charge in [0, 0.05) is 11.1 Å². The van der Waals surface area contributed by atoms with Gasteiger partial charge in [0.2, 0.25) is 0 Å². The van der Waals surface area contributed by atoms with Crippen molar-refractivity contribution >= 4 is 11.8 Å². The molecule has 1 aliphatic heterocycles. The molecule has 4 rings (SSSR count). The fraction of sp³-hybridized carbons (Fsp3) is 0.273. The van der Waals surface area contributed by atoms with Gasteiger partial charge in [0.15, 0.2) is 6.10 Å². The number of aryl methyl sites for hydroxylation is 1. The molecule has 0 saturated heterocycles. The number of aliphatic hydroxyl groups excluding tert-OH is 1. The van der Waals surface area contributed by atoms with Gasteiger partial charge in [-0.25, -0.2) is 4.79 Å². The van der Waals surface area contributed by atoms with Crippen LogP contribution in [0.5, 0.6) is 5.75 Å². The molecule has 1 unspecified atom stereocenters. The number of aliphatic hydroxyl groups is 1. The minimum atomic E-state index is -4.93. The molecule has 1 atom stereocenters. The Hall–Kier alpha value is -3.93. The second kappa shape index (κ2) is 8.78. The highest BCUT2D eigenvalue weighted by atomic mass is 19.4. The van der Waals surface area contributed by atoms with E-state index >= 15 is 0 Å². The number of esters is 1. The fourth-order valence-corrected chi connectivity index (χ4v) is 3.92. The van der Waals surface area contributed by atoms with Crippen molar-refractivity contribution in [2.24, 2.45) is 0 Å². The largest absolute Gasteiger partial charge is 0.493 e. The lowest BCUT2D eigenvalue weighted by Crippen LogP contribution is -2.21. The summed E-state index contributed by atoms with van der Waals surface area (Å²) in [5, 5.41) is 25.6. The van der Waals surface area contributed by atoms with Gasteiger partial charge in [-0.05, 0) is 53.2 Å². The Kier molecular flexibility index (Phi) is 6.00. The Balaban J connectivity index is 2.06. The Morgan fingerprint density at radius 1 is 1.29 bits per heavy atom. The lowest BCUT2D eigenvalue weighted by Gasteiger charge is -2.23. The third kappa shape index (κ3) is 4.19. The molecule has 1 N–H and O–H groups in total. The van der Waals surface area contributed by atoms with E-state index in [0.717, 1.165) is 29.5 Å². The highest BCUT2D eigenvalue weighted by Gasteiger charge is 2.40. The molecule has 0 saturated carbocycles. The predicted octanol–water partition coefficient (Wildman–Crippen LogP) is 4.00. The van der Waals surface area contributed by atoms with Crippen molar-refractivity contribution in [2.75, 3.05) is 13.7 Å². The number of hydrogen-bond donors (Lipinski definition) is 1. The zero-order chi connectivity index (χ0) is 24.6. The molecular weight excluding hydrogens is 459 g/mol. The molecule has 1 aromatic heterocycles. The molecule has 178 valence electrons. The molecule has 0 bridgehead atoms. The molecule has 0 spiro atoms. The number of aromatic nitrogens is 2. The second-order valence-electron chi connectivity index (χ2n) is 7.49. The predicted molar refractivity (Wildman–Crippen MR) is 111 cm³/mol. The Morgan fingerprint density at radius 3 is 2.71 bits per heavy atom. The SMILES string of the molecule is COC(=O)C(O)c1c(C(F)(F)F)ccc(-n2ccc([N+](=O)[O-])n2)c1-c1ccc2c(c1)CCCO2. The molecule has 12 heteroatoms. The maximum atomic E-state index is 14.0. The van der Waals surface area contributed by atoms with Crippen LogP contribution in [0.2, 0.25) is 0 Å². The number of methoxy groups -OCH3 is 1. The lowest BCUT2D eigenvalue weighted by atomic mass is 9.88. The Bertz CT molecular complexity index is 1270. The summed E-state index contributed by atoms with van der Waals surface area (Å²) in [5.41, 5.74) is -1.19. The first kappa shape index (κ1) is 23.2. The van der Waals surface area contributed by atoms with Crippen LogP contribution in [0.25, 0.3) is 16.8 Å². The van der Waals surface area contributed by atoms with Gasteiger partial charge in [0.25, 0.3) is 0 Å². The highest BCUT2D eigenvalue weighted by Crippen LogP contribution is 2.44. The average molecular weight is 477 g/mol. The summed E-state index contributed by atoms with van der Waals surface area (Å²) in [5.74, 6) is -1.25. The maximum Gasteiger partial charge on any atom is 0.416 e. The van der Waals surface area contributed by atoms with E-state index in [1.807, 2.05) is 0 Å². The van der Waals surface area contributed by atoms with Gasteiger partial charge in [0.05, 0.1) is 42.3 Å². The minimum absolute atomic E-state index is 0.00395. The monoisotopic (exact) mass is 477 g/mol. The van der Waals surface area contributed by atoms with Crippen LogP contribution in [0.3, 0.4) is 0 Å². The molecule has 0 aliphatic carbocycles. The van der Waals surface area contributed by atoms with Crippen LogP contribution in [0.4, 0.5) is 19.0 Å². The Morgan fingerprint density at radius 2 is 2.06 bits per heavy atom. The van der Waals surface area contributed by atoms with Crippen LogP contribution in [0, 0.1) is 10.1 Å². The number of rotatable bonds is 5. The van der Waals surface area contributed by atoms with E-state index in [9.17, 15) is 33.2 Å². The van der Waals surface area contributed by atoms with E-state index in [2.05, 4.69) is 9.84 Å². The summed E-state index contributed by atoms with van der Waals surface area (Å²) in [4.78, 5) is 22.5. The van der Waals surface area contributed by atoms with Gasteiger partial charge in [-0.2, -0.15) is 13.2 Å². The molecule has 2 aromatic carbocycles. The van der Waals surface area contributed by atoms with E-state index in [4.69, 9.17) is 4.74 Å². The third-order valence-corrected chi connectivity index (χ3v) is 5.43. The van der Waals surface area contributed by atoms with Gasteiger partial charge in [-0.3, -0.25) is 0 Å². The first-order valence-corrected chi connectivity index (χ1v) is 10.1. The number of ether oxygens (including phenoxy) is 2. The molecule has 9 nitrogen and oxygen atoms in total. The van der Waals surface area contributed by atoms with Gasteiger partial charge in [-0.15, -0.1) is 4.68 Å². The summed E-state index contributed by atoms with van der Waals surface area (Å²) in [6.45, 7) is 0.504. The zero-order valence-electron chi connectivity index (χ0n) is 17.7. The van der Waals surface area contributed by atoms with Gasteiger partial charge in [-0.1, -0.05) is 6.07 Å². The molecule has 0 fully saturated rings. The second-order valence-corrected chi connectivity index (χ2v) is 7.49. The first-order valence-electron chi connectivity index (χ1n) is 10.1. The highest BCUT2D eigenvalue weighted by molar-refractivity contribution is 5.86. The van der Waals surface area contributed by atoms with Crippen LogP contribution in [-0.4, -0.2) is 39.5 Å². The average Bonchev–Trinajstić information content (AvgIpc) is 3.32. The molecule has 3 aromatic rings. The molecule has 1 aliphatic rings. The summed E-state index contributed by atoms with van der Waals surface area (Å²) >= 11 is 0. The smallest absolute Gasteiger partial charge is 0.416 e. The van der Waals surface area contributed by atoms with Crippen molar-refractivity contribution < 1.29 is 37.5 Å². The van der Waals surface area contributed by atoms with Crippen molar-refractivity contribution in [3.63, 3.8) is 0 Å². The molecular formula is C22H18F3N3O6. The van der Waals surface area contributed by atoms with Gasteiger partial charge in [0.1, 0.15) is 5.75 Å². The van der Waals surface area contributed by atoms with Crippen LogP contribution >= 0.6 is 0 Å². The molecule has 0 amide bonds. The topological polar surface area (TPSA) is 117 Å². The number of carbonyl (C=O) groups excluding carboxylic acids is 1. The number of benzene rings is 2. The minimum Gasteiger partial charge on any atom is -0.493 e. The number of nitro groups is 1. The van der Waals surface area contributed by atoms with Crippen LogP contribution in [0.1, 0.15) is 29.2 Å². The van der Waals surface area contributed by atoms with E-state index in [1.165, 1.54) is 12.3 Å². The quantitative estimate of drug-likeness (QED) is 0.335. The zero-order valence-corrected chi connectivity index (χ0v) is 17.7. The Labute approximate surface area is 190 Å². The van der Waals surface area contributed by atoms with Crippen molar-refractivity contribution in [3.8, 4) is 22.6 Å². The van der Waals surface area contributed by atoms with Crippen LogP contribution < -0.4 is 4.74 Å². The van der Waals surface area contributed by atoms with Crippen molar-refractivity contribution in [3.05, 3.63) is 69.4 Å². The summed E-state index contributed by atoms with van der Waals surface area (Å²) in [7, 11) is 0.940. The number of nitrogens with zero attached hydrogens (tertiary/aromatic N) is 3. The number of hydrogen-bond acceptors (Lipinski definition) is 7. The van der Waals surface area contributed by atoms with Gasteiger partial charge < -0.3 is 24.7 Å². The number of halogens is 3. The lowest BCUT2D eigenvalue weighted by molar-refractivity contribution is -0.389. The van der Waals surface area contributed by atoms with Crippen LogP contribution in [0.15, 0.2) is 42.6 Å². The summed E-state index contributed by atoms with van der Waals surface area (Å²) < 4.78 is 53.1. The molecule has 2 heterocycles. The number of carbonyl (C=O) groups is 1. The third-order valence-electron chi connectivity index (χ3n) is 5.43. The summed E-state index contributed by atoms with van der Waals surface area (Å²) in [6, 6.07) is 7.55. The normalized spacial score (nSPS) is 14.1. The molecule has 0 radical (unpaired) electrons. The van der Waals surface area contributed by atoms with E-state index in [-0.39, 0.29) is 16.8 Å². The maximum absolute atomic E-state index is 14.0. The van der Waals surface area contributed by atoms with Crippen LogP contribution in [-0.2, 0) is 22.1 Å². The van der Waals surface area contributed by atoms with Crippen molar-refractivity contribution in [2.45, 2.75) is 25.1 Å². The van der Waals surface area contributed by atoms with E-state index in [1.54, 1.807) is 12.1 Å². The van der Waals surface area contributed by atoms with E-state index in [0.29, 0.717) is 31.3 Å².